The van der Waals surface area contributed by atoms with Crippen LogP contribution in [0.25, 0.3) is 0 Å². The Bertz CT molecular complexity index is 624. The molecule has 0 aromatic heterocycles. The highest BCUT2D eigenvalue weighted by molar-refractivity contribution is 9.10. The molecule has 0 aliphatic carbocycles. The molecule has 2 aromatic carbocycles. The standard InChI is InChI=1S/C17H18BrNO/c1-12(20)15-11-14(18)8-9-17(15)19-10-4-6-13-5-2-3-7-16(13)19/h2-3,5,7-9,11-12,20H,4,6,10H2,1H3. The lowest BCUT2D eigenvalue weighted by atomic mass is 9.99. The Morgan fingerprint density at radius 1 is 1.15 bits per heavy atom. The van der Waals surface area contributed by atoms with Gasteiger partial charge in [0, 0.05) is 28.0 Å². The number of fused-ring (bicyclic) bond motifs is 1. The minimum atomic E-state index is -0.475. The maximum atomic E-state index is 10.1. The van der Waals surface area contributed by atoms with Crippen molar-refractivity contribution in [1.82, 2.24) is 0 Å². The molecular weight excluding hydrogens is 314 g/mol. The second kappa shape index (κ2) is 5.58. The fourth-order valence-electron chi connectivity index (χ4n) is 2.89. The van der Waals surface area contributed by atoms with Crippen LogP contribution in [0.4, 0.5) is 11.4 Å². The number of nitrogens with zero attached hydrogens (tertiary/aromatic N) is 1. The molecule has 3 rings (SSSR count). The SMILES string of the molecule is CC(O)c1cc(Br)ccc1N1CCCc2ccccc21. The lowest BCUT2D eigenvalue weighted by Crippen LogP contribution is -2.25. The summed E-state index contributed by atoms with van der Waals surface area (Å²) in [5, 5.41) is 10.1. The van der Waals surface area contributed by atoms with Crippen LogP contribution in [0.3, 0.4) is 0 Å². The average Bonchev–Trinajstić information content (AvgIpc) is 2.46. The van der Waals surface area contributed by atoms with Crippen LogP contribution in [-0.2, 0) is 6.42 Å². The van der Waals surface area contributed by atoms with Crippen molar-refractivity contribution in [2.75, 3.05) is 11.4 Å². The van der Waals surface area contributed by atoms with Crippen molar-refractivity contribution in [2.24, 2.45) is 0 Å². The third kappa shape index (κ3) is 2.48. The molecule has 0 bridgehead atoms. The van der Waals surface area contributed by atoms with Crippen molar-refractivity contribution in [3.8, 4) is 0 Å². The summed E-state index contributed by atoms with van der Waals surface area (Å²) in [5.41, 5.74) is 4.73. The zero-order chi connectivity index (χ0) is 14.1. The number of para-hydroxylation sites is 1. The van der Waals surface area contributed by atoms with E-state index in [0.717, 1.165) is 35.1 Å². The predicted octanol–water partition coefficient (Wildman–Crippen LogP) is 4.59. The molecule has 1 atom stereocenters. The lowest BCUT2D eigenvalue weighted by Gasteiger charge is -2.33. The van der Waals surface area contributed by atoms with Gasteiger partial charge in [0.05, 0.1) is 6.10 Å². The average molecular weight is 332 g/mol. The number of aliphatic hydroxyl groups excluding tert-OH is 1. The van der Waals surface area contributed by atoms with Crippen LogP contribution in [0.15, 0.2) is 46.9 Å². The molecule has 104 valence electrons. The normalized spacial score (nSPS) is 15.8. The van der Waals surface area contributed by atoms with Gasteiger partial charge in [0.25, 0.3) is 0 Å². The number of hydrogen-bond donors (Lipinski definition) is 1. The lowest BCUT2D eigenvalue weighted by molar-refractivity contribution is 0.199. The molecular formula is C17H18BrNO. The molecule has 2 nitrogen and oxygen atoms in total. The maximum absolute atomic E-state index is 10.1. The Kier molecular flexibility index (Phi) is 3.81. The Morgan fingerprint density at radius 2 is 1.95 bits per heavy atom. The molecule has 0 amide bonds. The Balaban J connectivity index is 2.11. The first-order valence-corrected chi connectivity index (χ1v) is 7.79. The van der Waals surface area contributed by atoms with Crippen LogP contribution in [0.2, 0.25) is 0 Å². The van der Waals surface area contributed by atoms with Crippen molar-refractivity contribution >= 4 is 27.3 Å². The molecule has 0 saturated carbocycles. The van der Waals surface area contributed by atoms with E-state index < -0.39 is 6.10 Å². The summed E-state index contributed by atoms with van der Waals surface area (Å²) in [6.45, 7) is 2.82. The summed E-state index contributed by atoms with van der Waals surface area (Å²) in [5.74, 6) is 0. The Labute approximate surface area is 128 Å². The number of hydrogen-bond acceptors (Lipinski definition) is 2. The smallest absolute Gasteiger partial charge is 0.0782 e. The number of aryl methyl sites for hydroxylation is 1. The van der Waals surface area contributed by atoms with Crippen molar-refractivity contribution in [3.05, 3.63) is 58.1 Å². The molecule has 0 radical (unpaired) electrons. The number of benzene rings is 2. The highest BCUT2D eigenvalue weighted by atomic mass is 79.9. The van der Waals surface area contributed by atoms with Crippen molar-refractivity contribution in [2.45, 2.75) is 25.9 Å². The first-order chi connectivity index (χ1) is 9.66. The third-order valence-corrected chi connectivity index (χ3v) is 4.33. The van der Waals surface area contributed by atoms with E-state index in [2.05, 4.69) is 51.2 Å². The monoisotopic (exact) mass is 331 g/mol. The predicted molar refractivity (Wildman–Crippen MR) is 86.5 cm³/mol. The summed E-state index contributed by atoms with van der Waals surface area (Å²) >= 11 is 3.49. The van der Waals surface area contributed by atoms with Gasteiger partial charge in [-0.1, -0.05) is 34.1 Å². The van der Waals surface area contributed by atoms with Crippen molar-refractivity contribution in [1.29, 1.82) is 0 Å². The third-order valence-electron chi connectivity index (χ3n) is 3.84. The van der Waals surface area contributed by atoms with E-state index in [0.29, 0.717) is 0 Å². The number of anilines is 2. The molecule has 0 spiro atoms. The van der Waals surface area contributed by atoms with Crippen molar-refractivity contribution < 1.29 is 5.11 Å². The van der Waals surface area contributed by atoms with Crippen LogP contribution in [-0.4, -0.2) is 11.7 Å². The Hall–Kier alpha value is -1.32. The zero-order valence-corrected chi connectivity index (χ0v) is 13.1. The fourth-order valence-corrected chi connectivity index (χ4v) is 3.27. The number of aliphatic hydroxyl groups is 1. The van der Waals surface area contributed by atoms with Gasteiger partial charge in [0.1, 0.15) is 0 Å². The fraction of sp³-hybridized carbons (Fsp3) is 0.294. The largest absolute Gasteiger partial charge is 0.389 e. The van der Waals surface area contributed by atoms with E-state index in [1.807, 2.05) is 19.1 Å². The first-order valence-electron chi connectivity index (χ1n) is 7.00. The zero-order valence-electron chi connectivity index (χ0n) is 11.5. The molecule has 20 heavy (non-hydrogen) atoms. The first kappa shape index (κ1) is 13.7. The minimum Gasteiger partial charge on any atom is -0.389 e. The van der Waals surface area contributed by atoms with Gasteiger partial charge in [-0.25, -0.2) is 0 Å². The molecule has 2 aromatic rings. The van der Waals surface area contributed by atoms with Crippen LogP contribution < -0.4 is 4.90 Å². The van der Waals surface area contributed by atoms with Gasteiger partial charge in [-0.3, -0.25) is 0 Å². The summed E-state index contributed by atoms with van der Waals surface area (Å²) in [7, 11) is 0. The molecule has 3 heteroatoms. The van der Waals surface area contributed by atoms with Gasteiger partial charge in [0.2, 0.25) is 0 Å². The summed E-state index contributed by atoms with van der Waals surface area (Å²) in [6, 6.07) is 14.7. The number of halogens is 1. The Morgan fingerprint density at radius 3 is 2.75 bits per heavy atom. The summed E-state index contributed by atoms with van der Waals surface area (Å²) in [6.07, 6.45) is 1.80. The van der Waals surface area contributed by atoms with Gasteiger partial charge < -0.3 is 10.0 Å². The van der Waals surface area contributed by atoms with Crippen LogP contribution in [0.5, 0.6) is 0 Å². The highest BCUT2D eigenvalue weighted by Crippen LogP contribution is 2.38. The van der Waals surface area contributed by atoms with E-state index in [4.69, 9.17) is 0 Å². The quantitative estimate of drug-likeness (QED) is 0.870. The molecule has 1 unspecified atom stereocenters. The minimum absolute atomic E-state index is 0.475. The van der Waals surface area contributed by atoms with E-state index >= 15 is 0 Å². The van der Waals surface area contributed by atoms with Crippen LogP contribution >= 0.6 is 15.9 Å². The highest BCUT2D eigenvalue weighted by Gasteiger charge is 2.21. The van der Waals surface area contributed by atoms with E-state index in [1.54, 1.807) is 0 Å². The van der Waals surface area contributed by atoms with Gasteiger partial charge in [-0.15, -0.1) is 0 Å². The van der Waals surface area contributed by atoms with Crippen molar-refractivity contribution in [3.63, 3.8) is 0 Å². The van der Waals surface area contributed by atoms with Crippen LogP contribution in [0, 0.1) is 0 Å². The van der Waals surface area contributed by atoms with Gasteiger partial charge >= 0.3 is 0 Å². The summed E-state index contributed by atoms with van der Waals surface area (Å²) < 4.78 is 1.00. The van der Waals surface area contributed by atoms with E-state index in [-0.39, 0.29) is 0 Å². The van der Waals surface area contributed by atoms with Gasteiger partial charge in [0.15, 0.2) is 0 Å². The number of rotatable bonds is 2. The molecule has 0 saturated heterocycles. The maximum Gasteiger partial charge on any atom is 0.0782 e. The molecule has 1 aliphatic rings. The molecule has 1 aliphatic heterocycles. The topological polar surface area (TPSA) is 23.5 Å². The molecule has 0 fully saturated rings. The second-order valence-corrected chi connectivity index (χ2v) is 6.18. The second-order valence-electron chi connectivity index (χ2n) is 5.26. The van der Waals surface area contributed by atoms with Gasteiger partial charge in [-0.2, -0.15) is 0 Å². The van der Waals surface area contributed by atoms with Crippen LogP contribution in [0.1, 0.15) is 30.6 Å². The summed E-state index contributed by atoms with van der Waals surface area (Å²) in [4.78, 5) is 2.33. The van der Waals surface area contributed by atoms with Gasteiger partial charge in [-0.05, 0) is 49.6 Å². The van der Waals surface area contributed by atoms with E-state index in [1.165, 1.54) is 11.3 Å². The van der Waals surface area contributed by atoms with E-state index in [9.17, 15) is 5.11 Å². The molecule has 1 N–H and O–H groups in total. The molecule has 1 heterocycles.